The van der Waals surface area contributed by atoms with Gasteiger partial charge in [0.1, 0.15) is 16.4 Å². The molecule has 2 rings (SSSR count). The molecule has 1 fully saturated rings. The molecule has 1 N–H and O–H groups in total. The molecule has 1 aromatic heterocycles. The lowest BCUT2D eigenvalue weighted by molar-refractivity contribution is 0.0730. The number of aryl methyl sites for hydroxylation is 1. The van der Waals surface area contributed by atoms with E-state index in [1.807, 2.05) is 0 Å². The molecule has 0 bridgehead atoms. The molecule has 7 heteroatoms. The third-order valence-corrected chi connectivity index (χ3v) is 4.87. The van der Waals surface area contributed by atoms with E-state index in [2.05, 4.69) is 5.32 Å². The average Bonchev–Trinajstić information content (AvgIpc) is 2.73. The van der Waals surface area contributed by atoms with Gasteiger partial charge in [0, 0.05) is 19.2 Å². The monoisotopic (exact) mass is 274 g/mol. The van der Waals surface area contributed by atoms with E-state index in [9.17, 15) is 8.42 Å². The standard InChI is InChI=1S/C11H18N2O4S/c1-9-11(7-10(17-9)8-12-2)18(14,15)13-3-5-16-6-4-13/h7,12H,3-6,8H2,1-2H3. The lowest BCUT2D eigenvalue weighted by Crippen LogP contribution is -2.40. The van der Waals surface area contributed by atoms with Crippen LogP contribution in [-0.2, 0) is 21.3 Å². The number of sulfonamides is 1. The van der Waals surface area contributed by atoms with Crippen LogP contribution in [0.15, 0.2) is 15.4 Å². The summed E-state index contributed by atoms with van der Waals surface area (Å²) in [5.74, 6) is 1.06. The van der Waals surface area contributed by atoms with Gasteiger partial charge in [-0.25, -0.2) is 8.42 Å². The van der Waals surface area contributed by atoms with Crippen molar-refractivity contribution < 1.29 is 17.6 Å². The molecule has 0 saturated carbocycles. The summed E-state index contributed by atoms with van der Waals surface area (Å²) >= 11 is 0. The molecule has 6 nitrogen and oxygen atoms in total. The highest BCUT2D eigenvalue weighted by Crippen LogP contribution is 2.24. The van der Waals surface area contributed by atoms with Gasteiger partial charge in [0.15, 0.2) is 0 Å². The SMILES string of the molecule is CNCc1cc(S(=O)(=O)N2CCOCC2)c(C)o1. The first-order chi connectivity index (χ1) is 8.55. The zero-order valence-electron chi connectivity index (χ0n) is 10.6. The third-order valence-electron chi connectivity index (χ3n) is 2.86. The normalized spacial score (nSPS) is 18.1. The van der Waals surface area contributed by atoms with Crippen LogP contribution in [0.2, 0.25) is 0 Å². The van der Waals surface area contributed by atoms with E-state index in [0.29, 0.717) is 44.4 Å². The lowest BCUT2D eigenvalue weighted by Gasteiger charge is -2.25. The zero-order chi connectivity index (χ0) is 13.2. The summed E-state index contributed by atoms with van der Waals surface area (Å²) in [6.07, 6.45) is 0. The van der Waals surface area contributed by atoms with Crippen LogP contribution in [0.3, 0.4) is 0 Å². The van der Waals surface area contributed by atoms with Gasteiger partial charge in [0.2, 0.25) is 10.0 Å². The Kier molecular flexibility index (Phi) is 4.06. The Labute approximate surface area is 107 Å². The number of furan rings is 1. The van der Waals surface area contributed by atoms with Gasteiger partial charge in [-0.3, -0.25) is 0 Å². The van der Waals surface area contributed by atoms with E-state index >= 15 is 0 Å². The number of ether oxygens (including phenoxy) is 1. The number of rotatable bonds is 4. The fourth-order valence-electron chi connectivity index (χ4n) is 1.97. The second-order valence-corrected chi connectivity index (χ2v) is 6.09. The largest absolute Gasteiger partial charge is 0.464 e. The average molecular weight is 274 g/mol. The van der Waals surface area contributed by atoms with Gasteiger partial charge in [-0.1, -0.05) is 0 Å². The van der Waals surface area contributed by atoms with Crippen molar-refractivity contribution in [3.05, 3.63) is 17.6 Å². The van der Waals surface area contributed by atoms with E-state index in [4.69, 9.17) is 9.15 Å². The van der Waals surface area contributed by atoms with Gasteiger partial charge >= 0.3 is 0 Å². The fourth-order valence-corrected chi connectivity index (χ4v) is 3.56. The maximum absolute atomic E-state index is 12.4. The Morgan fingerprint density at radius 1 is 1.39 bits per heavy atom. The highest BCUT2D eigenvalue weighted by atomic mass is 32.2. The predicted octanol–water partition coefficient (Wildman–Crippen LogP) is 0.328. The summed E-state index contributed by atoms with van der Waals surface area (Å²) in [5.41, 5.74) is 0. The van der Waals surface area contributed by atoms with Gasteiger partial charge in [0.25, 0.3) is 0 Å². The van der Waals surface area contributed by atoms with Crippen molar-refractivity contribution in [1.82, 2.24) is 9.62 Å². The van der Waals surface area contributed by atoms with Crippen molar-refractivity contribution in [2.24, 2.45) is 0 Å². The summed E-state index contributed by atoms with van der Waals surface area (Å²) < 4.78 is 36.9. The summed E-state index contributed by atoms with van der Waals surface area (Å²) in [6.45, 7) is 3.87. The Balaban J connectivity index is 2.28. The van der Waals surface area contributed by atoms with Crippen molar-refractivity contribution in [1.29, 1.82) is 0 Å². The lowest BCUT2D eigenvalue weighted by atomic mass is 10.4. The smallest absolute Gasteiger partial charge is 0.246 e. The molecule has 1 aliphatic rings. The maximum atomic E-state index is 12.4. The maximum Gasteiger partial charge on any atom is 0.246 e. The van der Waals surface area contributed by atoms with Gasteiger partial charge in [-0.2, -0.15) is 4.31 Å². The number of morpholine rings is 1. The molecule has 0 aromatic carbocycles. The molecule has 2 heterocycles. The van der Waals surface area contributed by atoms with E-state index in [0.717, 1.165) is 0 Å². The van der Waals surface area contributed by atoms with Crippen molar-refractivity contribution in [2.45, 2.75) is 18.4 Å². The minimum Gasteiger partial charge on any atom is -0.464 e. The second kappa shape index (κ2) is 5.40. The molecule has 1 saturated heterocycles. The van der Waals surface area contributed by atoms with Crippen molar-refractivity contribution in [3.8, 4) is 0 Å². The van der Waals surface area contributed by atoms with E-state index in [1.165, 1.54) is 4.31 Å². The number of nitrogens with zero attached hydrogens (tertiary/aromatic N) is 1. The number of hydrogen-bond donors (Lipinski definition) is 1. The summed E-state index contributed by atoms with van der Waals surface area (Å²) in [7, 11) is -1.67. The van der Waals surface area contributed by atoms with E-state index in [-0.39, 0.29) is 4.90 Å². The molecule has 1 aromatic rings. The van der Waals surface area contributed by atoms with Crippen molar-refractivity contribution in [3.63, 3.8) is 0 Å². The van der Waals surface area contributed by atoms with Crippen LogP contribution >= 0.6 is 0 Å². The Morgan fingerprint density at radius 3 is 2.67 bits per heavy atom. The highest BCUT2D eigenvalue weighted by Gasteiger charge is 2.29. The quantitative estimate of drug-likeness (QED) is 0.856. The topological polar surface area (TPSA) is 71.8 Å². The molecule has 0 spiro atoms. The molecule has 0 atom stereocenters. The molecular formula is C11H18N2O4S. The molecule has 0 radical (unpaired) electrons. The van der Waals surface area contributed by atoms with Crippen molar-refractivity contribution >= 4 is 10.0 Å². The molecule has 18 heavy (non-hydrogen) atoms. The number of nitrogens with one attached hydrogen (secondary N) is 1. The third kappa shape index (κ3) is 2.59. The van der Waals surface area contributed by atoms with Gasteiger partial charge in [0.05, 0.1) is 19.8 Å². The summed E-state index contributed by atoms with van der Waals surface area (Å²) in [4.78, 5) is 0.259. The molecular weight excluding hydrogens is 256 g/mol. The second-order valence-electron chi connectivity index (χ2n) is 4.18. The first-order valence-electron chi connectivity index (χ1n) is 5.87. The van der Waals surface area contributed by atoms with Crippen LogP contribution in [0.25, 0.3) is 0 Å². The Hall–Kier alpha value is -0.890. The zero-order valence-corrected chi connectivity index (χ0v) is 11.4. The van der Waals surface area contributed by atoms with Gasteiger partial charge in [-0.05, 0) is 14.0 Å². The van der Waals surface area contributed by atoms with Gasteiger partial charge in [-0.15, -0.1) is 0 Å². The predicted molar refractivity (Wildman–Crippen MR) is 65.8 cm³/mol. The van der Waals surface area contributed by atoms with Crippen LogP contribution < -0.4 is 5.32 Å². The minimum absolute atomic E-state index is 0.259. The summed E-state index contributed by atoms with van der Waals surface area (Å²) in [6, 6.07) is 1.59. The molecule has 0 aliphatic carbocycles. The molecule has 1 aliphatic heterocycles. The van der Waals surface area contributed by atoms with E-state index < -0.39 is 10.0 Å². The van der Waals surface area contributed by atoms with Crippen molar-refractivity contribution in [2.75, 3.05) is 33.4 Å². The van der Waals surface area contributed by atoms with Crippen LogP contribution in [0.1, 0.15) is 11.5 Å². The Bertz CT molecular complexity index is 503. The molecule has 0 amide bonds. The summed E-state index contributed by atoms with van der Waals surface area (Å²) in [5, 5.41) is 2.93. The van der Waals surface area contributed by atoms with Gasteiger partial charge < -0.3 is 14.5 Å². The first kappa shape index (κ1) is 13.5. The fraction of sp³-hybridized carbons (Fsp3) is 0.636. The molecule has 0 unspecified atom stereocenters. The molecule has 102 valence electrons. The van der Waals surface area contributed by atoms with Crippen LogP contribution in [0.5, 0.6) is 0 Å². The minimum atomic E-state index is -3.46. The highest BCUT2D eigenvalue weighted by molar-refractivity contribution is 7.89. The number of hydrogen-bond acceptors (Lipinski definition) is 5. The van der Waals surface area contributed by atoms with E-state index in [1.54, 1.807) is 20.0 Å². The van der Waals surface area contributed by atoms with Crippen LogP contribution in [0, 0.1) is 6.92 Å². The first-order valence-corrected chi connectivity index (χ1v) is 7.31. The van der Waals surface area contributed by atoms with Crippen LogP contribution in [0.4, 0.5) is 0 Å². The van der Waals surface area contributed by atoms with Crippen LogP contribution in [-0.4, -0.2) is 46.1 Å². The Morgan fingerprint density at radius 2 is 2.06 bits per heavy atom.